The van der Waals surface area contributed by atoms with E-state index in [1.54, 1.807) is 7.11 Å². The molecule has 0 aliphatic carbocycles. The Kier molecular flexibility index (Phi) is 5.40. The van der Waals surface area contributed by atoms with E-state index >= 15 is 0 Å². The Morgan fingerprint density at radius 1 is 1.41 bits per heavy atom. The second kappa shape index (κ2) is 6.36. The molecule has 0 atom stereocenters. The first kappa shape index (κ1) is 14.5. The molecule has 0 aromatic heterocycles. The van der Waals surface area contributed by atoms with Crippen molar-refractivity contribution in [1.82, 2.24) is 10.2 Å². The van der Waals surface area contributed by atoms with Gasteiger partial charge in [0.1, 0.15) is 0 Å². The van der Waals surface area contributed by atoms with Crippen molar-refractivity contribution in [2.24, 2.45) is 0 Å². The second-order valence-corrected chi connectivity index (χ2v) is 5.50. The molecule has 1 amide bonds. The third-order valence-electron chi connectivity index (χ3n) is 3.60. The normalized spacial score (nSPS) is 19.3. The van der Waals surface area contributed by atoms with E-state index in [0.717, 1.165) is 32.4 Å². The van der Waals surface area contributed by atoms with Crippen molar-refractivity contribution in [3.8, 4) is 0 Å². The molecule has 1 aliphatic heterocycles. The maximum Gasteiger partial charge on any atom is 0.234 e. The minimum Gasteiger partial charge on any atom is -0.381 e. The lowest BCUT2D eigenvalue weighted by Crippen LogP contribution is -2.49. The highest BCUT2D eigenvalue weighted by molar-refractivity contribution is 5.78. The molecule has 1 fully saturated rings. The smallest absolute Gasteiger partial charge is 0.234 e. The Morgan fingerprint density at radius 2 is 2.00 bits per heavy atom. The summed E-state index contributed by atoms with van der Waals surface area (Å²) in [6.45, 7) is 8.63. The van der Waals surface area contributed by atoms with Gasteiger partial charge < -0.3 is 10.1 Å². The molecule has 0 spiro atoms. The standard InChI is InChI=1S/C13H26N2O2/c1-5-13(2,3)14-12(16)10-15-8-6-11(17-4)7-9-15/h11H,5-10H2,1-4H3,(H,14,16). The average molecular weight is 242 g/mol. The number of rotatable bonds is 5. The van der Waals surface area contributed by atoms with E-state index in [9.17, 15) is 4.79 Å². The van der Waals surface area contributed by atoms with E-state index in [4.69, 9.17) is 4.74 Å². The first-order valence-electron chi connectivity index (χ1n) is 6.53. The van der Waals surface area contributed by atoms with E-state index in [-0.39, 0.29) is 11.4 Å². The van der Waals surface area contributed by atoms with Crippen LogP contribution in [0.5, 0.6) is 0 Å². The fraction of sp³-hybridized carbons (Fsp3) is 0.923. The summed E-state index contributed by atoms with van der Waals surface area (Å²) >= 11 is 0. The van der Waals surface area contributed by atoms with Crippen molar-refractivity contribution in [2.75, 3.05) is 26.7 Å². The van der Waals surface area contributed by atoms with Gasteiger partial charge in [-0.2, -0.15) is 0 Å². The van der Waals surface area contributed by atoms with Gasteiger partial charge in [0, 0.05) is 25.7 Å². The molecule has 1 heterocycles. The number of nitrogens with one attached hydrogen (secondary N) is 1. The van der Waals surface area contributed by atoms with Gasteiger partial charge in [-0.15, -0.1) is 0 Å². The summed E-state index contributed by atoms with van der Waals surface area (Å²) in [6, 6.07) is 0. The van der Waals surface area contributed by atoms with E-state index in [1.165, 1.54) is 0 Å². The van der Waals surface area contributed by atoms with E-state index in [2.05, 4.69) is 31.0 Å². The fourth-order valence-electron chi connectivity index (χ4n) is 2.01. The summed E-state index contributed by atoms with van der Waals surface area (Å²) in [6.07, 6.45) is 3.38. The van der Waals surface area contributed by atoms with Crippen molar-refractivity contribution in [1.29, 1.82) is 0 Å². The molecule has 0 radical (unpaired) electrons. The molecule has 0 aromatic carbocycles. The molecule has 0 aromatic rings. The highest BCUT2D eigenvalue weighted by Crippen LogP contribution is 2.13. The molecule has 1 aliphatic rings. The number of carbonyl (C=O) groups is 1. The summed E-state index contributed by atoms with van der Waals surface area (Å²) < 4.78 is 5.32. The van der Waals surface area contributed by atoms with Gasteiger partial charge in [0.2, 0.25) is 5.91 Å². The average Bonchev–Trinajstić information content (AvgIpc) is 2.29. The highest BCUT2D eigenvalue weighted by Gasteiger charge is 2.23. The van der Waals surface area contributed by atoms with Crippen molar-refractivity contribution >= 4 is 5.91 Å². The lowest BCUT2D eigenvalue weighted by Gasteiger charge is -2.32. The predicted octanol–water partition coefficient (Wildman–Crippen LogP) is 1.40. The molecular weight excluding hydrogens is 216 g/mol. The molecule has 1 saturated heterocycles. The number of methoxy groups -OCH3 is 1. The molecule has 4 nitrogen and oxygen atoms in total. The van der Waals surface area contributed by atoms with Crippen LogP contribution in [0.1, 0.15) is 40.0 Å². The van der Waals surface area contributed by atoms with E-state index in [0.29, 0.717) is 12.6 Å². The summed E-state index contributed by atoms with van der Waals surface area (Å²) in [5.74, 6) is 0.132. The zero-order valence-corrected chi connectivity index (χ0v) is 11.6. The first-order valence-corrected chi connectivity index (χ1v) is 6.53. The van der Waals surface area contributed by atoms with Gasteiger partial charge in [-0.25, -0.2) is 0 Å². The topological polar surface area (TPSA) is 41.6 Å². The molecule has 4 heteroatoms. The Labute approximate surface area is 105 Å². The van der Waals surface area contributed by atoms with Crippen LogP contribution in [0.15, 0.2) is 0 Å². The quantitative estimate of drug-likeness (QED) is 0.792. The number of amides is 1. The number of carbonyl (C=O) groups excluding carboxylic acids is 1. The number of hydrogen-bond donors (Lipinski definition) is 1. The minimum absolute atomic E-state index is 0.0953. The van der Waals surface area contributed by atoms with Crippen LogP contribution in [-0.4, -0.2) is 49.2 Å². The Balaban J connectivity index is 2.28. The van der Waals surface area contributed by atoms with Gasteiger partial charge in [0.25, 0.3) is 0 Å². The molecule has 0 bridgehead atoms. The molecule has 0 unspecified atom stereocenters. The zero-order chi connectivity index (χ0) is 12.9. The third kappa shape index (κ3) is 5.04. The minimum atomic E-state index is -0.0953. The van der Waals surface area contributed by atoms with Crippen molar-refractivity contribution in [3.05, 3.63) is 0 Å². The van der Waals surface area contributed by atoms with E-state index < -0.39 is 0 Å². The second-order valence-electron chi connectivity index (χ2n) is 5.50. The van der Waals surface area contributed by atoms with Crippen LogP contribution in [0.2, 0.25) is 0 Å². The van der Waals surface area contributed by atoms with Gasteiger partial charge >= 0.3 is 0 Å². The van der Waals surface area contributed by atoms with Crippen LogP contribution >= 0.6 is 0 Å². The van der Waals surface area contributed by atoms with Crippen LogP contribution in [-0.2, 0) is 9.53 Å². The highest BCUT2D eigenvalue weighted by atomic mass is 16.5. The third-order valence-corrected chi connectivity index (χ3v) is 3.60. The molecular formula is C13H26N2O2. The lowest BCUT2D eigenvalue weighted by molar-refractivity contribution is -0.124. The van der Waals surface area contributed by atoms with Crippen LogP contribution in [0.4, 0.5) is 0 Å². The summed E-state index contributed by atoms with van der Waals surface area (Å²) in [4.78, 5) is 14.1. The number of piperidine rings is 1. The van der Waals surface area contributed by atoms with Crippen LogP contribution in [0.25, 0.3) is 0 Å². The monoisotopic (exact) mass is 242 g/mol. The van der Waals surface area contributed by atoms with E-state index in [1.807, 2.05) is 0 Å². The van der Waals surface area contributed by atoms with Crippen LogP contribution in [0, 0.1) is 0 Å². The Morgan fingerprint density at radius 3 is 2.47 bits per heavy atom. The van der Waals surface area contributed by atoms with Crippen molar-refractivity contribution in [2.45, 2.75) is 51.7 Å². The van der Waals surface area contributed by atoms with Gasteiger partial charge in [-0.05, 0) is 33.1 Å². The fourth-order valence-corrected chi connectivity index (χ4v) is 2.01. The number of hydrogen-bond acceptors (Lipinski definition) is 3. The maximum absolute atomic E-state index is 11.9. The Bertz CT molecular complexity index is 246. The maximum atomic E-state index is 11.9. The van der Waals surface area contributed by atoms with Crippen LogP contribution < -0.4 is 5.32 Å². The number of nitrogens with zero attached hydrogens (tertiary/aromatic N) is 1. The predicted molar refractivity (Wildman–Crippen MR) is 69.0 cm³/mol. The summed E-state index contributed by atoms with van der Waals surface area (Å²) in [5.41, 5.74) is -0.0953. The zero-order valence-electron chi connectivity index (χ0n) is 11.6. The first-order chi connectivity index (χ1) is 7.96. The van der Waals surface area contributed by atoms with Crippen molar-refractivity contribution in [3.63, 3.8) is 0 Å². The molecule has 0 saturated carbocycles. The Hall–Kier alpha value is -0.610. The lowest BCUT2D eigenvalue weighted by atomic mass is 10.0. The van der Waals surface area contributed by atoms with Crippen molar-refractivity contribution < 1.29 is 9.53 Å². The van der Waals surface area contributed by atoms with Gasteiger partial charge in [-0.1, -0.05) is 6.92 Å². The summed E-state index contributed by atoms with van der Waals surface area (Å²) in [7, 11) is 1.76. The molecule has 1 rings (SSSR count). The molecule has 17 heavy (non-hydrogen) atoms. The molecule has 100 valence electrons. The number of ether oxygens (including phenoxy) is 1. The summed E-state index contributed by atoms with van der Waals surface area (Å²) in [5, 5.41) is 3.07. The van der Waals surface area contributed by atoms with Gasteiger partial charge in [0.05, 0.1) is 12.6 Å². The largest absolute Gasteiger partial charge is 0.381 e. The van der Waals surface area contributed by atoms with Gasteiger partial charge in [0.15, 0.2) is 0 Å². The van der Waals surface area contributed by atoms with Gasteiger partial charge in [-0.3, -0.25) is 9.69 Å². The number of likely N-dealkylation sites (tertiary alicyclic amines) is 1. The molecule has 1 N–H and O–H groups in total. The SMILES string of the molecule is CCC(C)(C)NC(=O)CN1CCC(OC)CC1. The van der Waals surface area contributed by atoms with Crippen LogP contribution in [0.3, 0.4) is 0 Å².